The van der Waals surface area contributed by atoms with E-state index in [-0.39, 0.29) is 11.5 Å². The van der Waals surface area contributed by atoms with Crippen LogP contribution in [0.5, 0.6) is 0 Å². The van der Waals surface area contributed by atoms with Crippen molar-refractivity contribution in [3.8, 4) is 0 Å². The number of pyridine rings is 1. The molecular weight excluding hydrogens is 328 g/mol. The van der Waals surface area contributed by atoms with Crippen LogP contribution in [0.2, 0.25) is 5.02 Å². The summed E-state index contributed by atoms with van der Waals surface area (Å²) in [5.41, 5.74) is 0.857. The third-order valence-corrected chi connectivity index (χ3v) is 4.02. The maximum Gasteiger partial charge on any atom is 0.271 e. The van der Waals surface area contributed by atoms with Crippen LogP contribution < -0.4 is 5.56 Å². The van der Waals surface area contributed by atoms with Crippen molar-refractivity contribution in [2.24, 2.45) is 0 Å². The number of amides is 1. The molecule has 1 aromatic carbocycles. The van der Waals surface area contributed by atoms with Crippen LogP contribution in [0.25, 0.3) is 11.8 Å². The summed E-state index contributed by atoms with van der Waals surface area (Å²) in [6.45, 7) is 2.03. The predicted molar refractivity (Wildman–Crippen MR) is 93.7 cm³/mol. The molecular formula is C18H17ClN2O3. The van der Waals surface area contributed by atoms with Gasteiger partial charge in [-0.15, -0.1) is 0 Å². The van der Waals surface area contributed by atoms with Gasteiger partial charge in [0.1, 0.15) is 5.70 Å². The zero-order valence-corrected chi connectivity index (χ0v) is 13.8. The lowest BCUT2D eigenvalue weighted by atomic mass is 10.1. The molecule has 2 aromatic rings. The molecule has 0 N–H and O–H groups in total. The lowest BCUT2D eigenvalue weighted by Gasteiger charge is -2.28. The van der Waals surface area contributed by atoms with E-state index >= 15 is 0 Å². The Hall–Kier alpha value is -2.37. The van der Waals surface area contributed by atoms with Gasteiger partial charge in [-0.3, -0.25) is 14.2 Å². The highest BCUT2D eigenvalue weighted by molar-refractivity contribution is 6.30. The van der Waals surface area contributed by atoms with E-state index in [0.29, 0.717) is 37.0 Å². The molecule has 1 fully saturated rings. The molecule has 3 rings (SSSR count). The van der Waals surface area contributed by atoms with Gasteiger partial charge in [0.25, 0.3) is 11.5 Å². The molecule has 24 heavy (non-hydrogen) atoms. The first kappa shape index (κ1) is 16.5. The standard InChI is InChI=1S/C18H17ClN2O3/c19-15-6-4-14(5-7-15)13-16(21-8-2-1-3-17(21)22)18(23)20-9-11-24-12-10-20/h1-8,13H,9-12H2. The molecule has 0 unspecified atom stereocenters. The summed E-state index contributed by atoms with van der Waals surface area (Å²) in [6, 6.07) is 11.9. The molecule has 0 atom stereocenters. The number of nitrogens with zero attached hydrogens (tertiary/aromatic N) is 2. The van der Waals surface area contributed by atoms with Crippen molar-refractivity contribution in [3.63, 3.8) is 0 Å². The smallest absolute Gasteiger partial charge is 0.271 e. The largest absolute Gasteiger partial charge is 0.378 e. The molecule has 0 saturated carbocycles. The van der Waals surface area contributed by atoms with Crippen molar-refractivity contribution in [2.45, 2.75) is 0 Å². The zero-order chi connectivity index (χ0) is 16.9. The van der Waals surface area contributed by atoms with E-state index < -0.39 is 0 Å². The Morgan fingerprint density at radius 2 is 1.79 bits per heavy atom. The highest BCUT2D eigenvalue weighted by Crippen LogP contribution is 2.16. The van der Waals surface area contributed by atoms with Gasteiger partial charge in [-0.2, -0.15) is 0 Å². The van der Waals surface area contributed by atoms with Gasteiger partial charge in [-0.25, -0.2) is 0 Å². The fraction of sp³-hybridized carbons (Fsp3) is 0.222. The SMILES string of the molecule is O=C(C(=Cc1ccc(Cl)cc1)n1ccccc1=O)N1CCOCC1. The van der Waals surface area contributed by atoms with Crippen molar-refractivity contribution < 1.29 is 9.53 Å². The summed E-state index contributed by atoms with van der Waals surface area (Å²) in [7, 11) is 0. The molecule has 0 radical (unpaired) electrons. The van der Waals surface area contributed by atoms with Crippen LogP contribution >= 0.6 is 11.6 Å². The summed E-state index contributed by atoms with van der Waals surface area (Å²) in [6.07, 6.45) is 3.30. The number of morpholine rings is 1. The Bertz CT molecular complexity index is 806. The van der Waals surface area contributed by atoms with E-state index in [1.54, 1.807) is 41.4 Å². The molecule has 1 aliphatic heterocycles. The maximum absolute atomic E-state index is 12.9. The number of hydrogen-bond acceptors (Lipinski definition) is 3. The van der Waals surface area contributed by atoms with Gasteiger partial charge >= 0.3 is 0 Å². The fourth-order valence-corrected chi connectivity index (χ4v) is 2.63. The number of rotatable bonds is 3. The average molecular weight is 345 g/mol. The summed E-state index contributed by atoms with van der Waals surface area (Å²) in [5, 5.41) is 0.616. The first-order valence-corrected chi connectivity index (χ1v) is 8.05. The van der Waals surface area contributed by atoms with Crippen LogP contribution in [0.3, 0.4) is 0 Å². The van der Waals surface area contributed by atoms with E-state index in [0.717, 1.165) is 5.56 Å². The Labute approximate surface area is 144 Å². The normalized spacial score (nSPS) is 15.4. The van der Waals surface area contributed by atoms with Crippen LogP contribution in [0, 0.1) is 0 Å². The van der Waals surface area contributed by atoms with Crippen molar-refractivity contribution in [2.75, 3.05) is 26.3 Å². The number of aromatic nitrogens is 1. The van der Waals surface area contributed by atoms with Crippen molar-refractivity contribution in [1.29, 1.82) is 0 Å². The van der Waals surface area contributed by atoms with Gasteiger partial charge in [0, 0.05) is 30.4 Å². The number of hydrogen-bond donors (Lipinski definition) is 0. The van der Waals surface area contributed by atoms with Crippen LogP contribution in [0.15, 0.2) is 53.5 Å². The van der Waals surface area contributed by atoms with Gasteiger partial charge in [0.05, 0.1) is 13.2 Å². The number of carbonyl (C=O) groups is 1. The highest BCUT2D eigenvalue weighted by atomic mass is 35.5. The fourth-order valence-electron chi connectivity index (χ4n) is 2.51. The molecule has 2 heterocycles. The molecule has 0 spiro atoms. The van der Waals surface area contributed by atoms with Gasteiger partial charge in [-0.05, 0) is 29.8 Å². The molecule has 1 aliphatic rings. The van der Waals surface area contributed by atoms with E-state index in [1.165, 1.54) is 10.6 Å². The minimum Gasteiger partial charge on any atom is -0.378 e. The molecule has 6 heteroatoms. The van der Waals surface area contributed by atoms with E-state index in [4.69, 9.17) is 16.3 Å². The molecule has 0 aliphatic carbocycles. The van der Waals surface area contributed by atoms with Crippen LogP contribution in [0.4, 0.5) is 0 Å². The van der Waals surface area contributed by atoms with Crippen LogP contribution in [-0.4, -0.2) is 41.7 Å². The number of ether oxygens (including phenoxy) is 1. The molecule has 1 amide bonds. The molecule has 1 aromatic heterocycles. The Morgan fingerprint density at radius 3 is 2.46 bits per heavy atom. The van der Waals surface area contributed by atoms with Crippen molar-refractivity contribution in [3.05, 3.63) is 69.6 Å². The molecule has 5 nitrogen and oxygen atoms in total. The number of halogens is 1. The number of benzene rings is 1. The quantitative estimate of drug-likeness (QED) is 0.803. The van der Waals surface area contributed by atoms with Crippen molar-refractivity contribution in [1.82, 2.24) is 9.47 Å². The summed E-state index contributed by atoms with van der Waals surface area (Å²) in [4.78, 5) is 26.8. The second kappa shape index (κ2) is 7.47. The van der Waals surface area contributed by atoms with E-state index in [2.05, 4.69) is 0 Å². The Kier molecular flexibility index (Phi) is 5.13. The van der Waals surface area contributed by atoms with Gasteiger partial charge in [0.2, 0.25) is 0 Å². The monoisotopic (exact) mass is 344 g/mol. The van der Waals surface area contributed by atoms with Gasteiger partial charge in [-0.1, -0.05) is 29.8 Å². The topological polar surface area (TPSA) is 51.5 Å². The minimum atomic E-state index is -0.251. The Morgan fingerprint density at radius 1 is 1.08 bits per heavy atom. The van der Waals surface area contributed by atoms with E-state index in [1.807, 2.05) is 12.1 Å². The van der Waals surface area contributed by atoms with Crippen molar-refractivity contribution >= 4 is 29.3 Å². The first-order valence-electron chi connectivity index (χ1n) is 7.67. The zero-order valence-electron chi connectivity index (χ0n) is 13.0. The van der Waals surface area contributed by atoms with Crippen LogP contribution in [0.1, 0.15) is 5.56 Å². The molecule has 1 saturated heterocycles. The average Bonchev–Trinajstić information content (AvgIpc) is 2.62. The third kappa shape index (κ3) is 3.75. The lowest BCUT2D eigenvalue weighted by molar-refractivity contribution is -0.129. The predicted octanol–water partition coefficient (Wildman–Crippen LogP) is 2.36. The highest BCUT2D eigenvalue weighted by Gasteiger charge is 2.22. The second-order valence-electron chi connectivity index (χ2n) is 5.39. The first-order chi connectivity index (χ1) is 11.6. The molecule has 0 bridgehead atoms. The third-order valence-electron chi connectivity index (χ3n) is 3.77. The second-order valence-corrected chi connectivity index (χ2v) is 5.83. The summed E-state index contributed by atoms with van der Waals surface area (Å²) < 4.78 is 6.66. The Balaban J connectivity index is 2.03. The van der Waals surface area contributed by atoms with Gasteiger partial charge < -0.3 is 9.64 Å². The molecule has 124 valence electrons. The lowest BCUT2D eigenvalue weighted by Crippen LogP contribution is -2.42. The minimum absolute atomic E-state index is 0.193. The maximum atomic E-state index is 12.9. The van der Waals surface area contributed by atoms with Gasteiger partial charge in [0.15, 0.2) is 0 Å². The van der Waals surface area contributed by atoms with Crippen LogP contribution in [-0.2, 0) is 9.53 Å². The number of carbonyl (C=O) groups excluding carboxylic acids is 1. The summed E-state index contributed by atoms with van der Waals surface area (Å²) >= 11 is 5.91. The summed E-state index contributed by atoms with van der Waals surface area (Å²) in [5.74, 6) is -0.193. The van der Waals surface area contributed by atoms with E-state index in [9.17, 15) is 9.59 Å².